The average molecular weight is 384 g/mol. The summed E-state index contributed by atoms with van der Waals surface area (Å²) in [6.07, 6.45) is -1.67. The molecule has 0 aromatic heterocycles. The third kappa shape index (κ3) is 5.40. The number of rotatable bonds is 8. The van der Waals surface area contributed by atoms with Crippen LogP contribution in [0.4, 0.5) is 0 Å². The molecule has 2 amide bonds. The smallest absolute Gasteiger partial charge is 0.326 e. The molecular formula is C21H24N2O5. The molecule has 0 radical (unpaired) electrons. The second-order valence-corrected chi connectivity index (χ2v) is 6.74. The first-order valence-electron chi connectivity index (χ1n) is 8.93. The van der Waals surface area contributed by atoms with E-state index in [9.17, 15) is 24.6 Å². The Kier molecular flexibility index (Phi) is 7.28. The van der Waals surface area contributed by atoms with Gasteiger partial charge >= 0.3 is 5.97 Å². The Bertz CT molecular complexity index is 808. The Balaban J connectivity index is 2.25. The summed E-state index contributed by atoms with van der Waals surface area (Å²) in [6, 6.07) is 14.8. The normalized spacial score (nSPS) is 14.0. The standard InChI is InChI=1S/C21H24N2O5/c1-13(2)16(21(27)28)22-20(26)18(24)17(14-9-5-3-6-10-14)23-19(25)15-11-7-4-8-12-15/h3-13,16-18,24H,1-2H3,(H,22,26)(H,23,25)(H,27,28)/t16-,17-,18+/m0/s1. The molecule has 0 aliphatic carbocycles. The van der Waals surface area contributed by atoms with Crippen LogP contribution in [-0.2, 0) is 9.59 Å². The van der Waals surface area contributed by atoms with Crippen LogP contribution in [-0.4, -0.2) is 40.1 Å². The van der Waals surface area contributed by atoms with Crippen LogP contribution in [0.5, 0.6) is 0 Å². The topological polar surface area (TPSA) is 116 Å². The summed E-state index contributed by atoms with van der Waals surface area (Å²) in [6.45, 7) is 3.30. The highest BCUT2D eigenvalue weighted by molar-refractivity contribution is 5.95. The molecule has 2 aromatic carbocycles. The first kappa shape index (κ1) is 21.1. The van der Waals surface area contributed by atoms with E-state index >= 15 is 0 Å². The van der Waals surface area contributed by atoms with Crippen LogP contribution < -0.4 is 10.6 Å². The van der Waals surface area contributed by atoms with Crippen molar-refractivity contribution < 1.29 is 24.6 Å². The fraction of sp³-hybridized carbons (Fsp3) is 0.286. The number of nitrogens with one attached hydrogen (secondary N) is 2. The number of aliphatic carboxylic acids is 1. The summed E-state index contributed by atoms with van der Waals surface area (Å²) in [4.78, 5) is 36.4. The van der Waals surface area contributed by atoms with Gasteiger partial charge in [-0.2, -0.15) is 0 Å². The highest BCUT2D eigenvalue weighted by atomic mass is 16.4. The molecule has 0 bridgehead atoms. The number of carbonyl (C=O) groups excluding carboxylic acids is 2. The van der Waals surface area contributed by atoms with Crippen molar-refractivity contribution in [3.8, 4) is 0 Å². The molecule has 0 heterocycles. The van der Waals surface area contributed by atoms with E-state index in [1.807, 2.05) is 0 Å². The average Bonchev–Trinajstić information content (AvgIpc) is 2.70. The predicted molar refractivity (Wildman–Crippen MR) is 104 cm³/mol. The molecular weight excluding hydrogens is 360 g/mol. The molecule has 148 valence electrons. The molecule has 3 atom stereocenters. The van der Waals surface area contributed by atoms with E-state index in [0.717, 1.165) is 0 Å². The lowest BCUT2D eigenvalue weighted by molar-refractivity contribution is -0.145. The van der Waals surface area contributed by atoms with Crippen molar-refractivity contribution in [2.24, 2.45) is 5.92 Å². The summed E-state index contributed by atoms with van der Waals surface area (Å²) in [7, 11) is 0. The molecule has 4 N–H and O–H groups in total. The molecule has 0 spiro atoms. The number of hydrogen-bond acceptors (Lipinski definition) is 4. The minimum absolute atomic E-state index is 0.372. The van der Waals surface area contributed by atoms with Gasteiger partial charge in [0.15, 0.2) is 6.10 Å². The zero-order valence-corrected chi connectivity index (χ0v) is 15.7. The highest BCUT2D eigenvalue weighted by Gasteiger charge is 2.33. The van der Waals surface area contributed by atoms with Gasteiger partial charge in [0.1, 0.15) is 6.04 Å². The van der Waals surface area contributed by atoms with E-state index < -0.39 is 36.0 Å². The molecule has 0 saturated heterocycles. The van der Waals surface area contributed by atoms with E-state index in [4.69, 9.17) is 0 Å². The molecule has 28 heavy (non-hydrogen) atoms. The Morgan fingerprint density at radius 2 is 1.39 bits per heavy atom. The first-order chi connectivity index (χ1) is 13.3. The second kappa shape index (κ2) is 9.66. The lowest BCUT2D eigenvalue weighted by Gasteiger charge is -2.26. The maximum absolute atomic E-state index is 12.5. The van der Waals surface area contributed by atoms with Gasteiger partial charge in [0.05, 0.1) is 6.04 Å². The number of carbonyl (C=O) groups is 3. The van der Waals surface area contributed by atoms with E-state index in [2.05, 4.69) is 10.6 Å². The van der Waals surface area contributed by atoms with Crippen molar-refractivity contribution in [3.05, 3.63) is 71.8 Å². The SMILES string of the molecule is CC(C)[C@H](NC(=O)[C@H](O)[C@@H](NC(=O)c1ccccc1)c1ccccc1)C(=O)O. The zero-order chi connectivity index (χ0) is 20.7. The molecule has 0 aliphatic heterocycles. The lowest BCUT2D eigenvalue weighted by atomic mass is 9.98. The van der Waals surface area contributed by atoms with Crippen molar-refractivity contribution in [1.29, 1.82) is 0 Å². The molecule has 0 aliphatic rings. The largest absolute Gasteiger partial charge is 0.480 e. The van der Waals surface area contributed by atoms with E-state index in [0.29, 0.717) is 11.1 Å². The van der Waals surface area contributed by atoms with Gasteiger partial charge in [0.2, 0.25) is 0 Å². The van der Waals surface area contributed by atoms with Crippen LogP contribution in [0.1, 0.15) is 35.8 Å². The Labute approximate surface area is 163 Å². The van der Waals surface area contributed by atoms with Crippen molar-refractivity contribution in [2.45, 2.75) is 32.0 Å². The van der Waals surface area contributed by atoms with Gasteiger partial charge < -0.3 is 20.8 Å². The molecule has 7 heteroatoms. The number of hydrogen-bond donors (Lipinski definition) is 4. The summed E-state index contributed by atoms with van der Waals surface area (Å²) >= 11 is 0. The van der Waals surface area contributed by atoms with Gasteiger partial charge in [-0.15, -0.1) is 0 Å². The number of carboxylic acids is 1. The van der Waals surface area contributed by atoms with Crippen molar-refractivity contribution in [2.75, 3.05) is 0 Å². The predicted octanol–water partition coefficient (Wildman–Crippen LogP) is 1.74. The summed E-state index contributed by atoms with van der Waals surface area (Å²) < 4.78 is 0. The number of aliphatic hydroxyl groups excluding tert-OH is 1. The summed E-state index contributed by atoms with van der Waals surface area (Å²) in [5.41, 5.74) is 0.896. The quantitative estimate of drug-likeness (QED) is 0.553. The second-order valence-electron chi connectivity index (χ2n) is 6.74. The molecule has 2 rings (SSSR count). The maximum atomic E-state index is 12.5. The molecule has 2 aromatic rings. The molecule has 0 fully saturated rings. The first-order valence-corrected chi connectivity index (χ1v) is 8.93. The van der Waals surface area contributed by atoms with Gasteiger partial charge in [-0.1, -0.05) is 62.4 Å². The monoisotopic (exact) mass is 384 g/mol. The van der Waals surface area contributed by atoms with Crippen LogP contribution in [0, 0.1) is 5.92 Å². The van der Waals surface area contributed by atoms with Crippen molar-refractivity contribution in [1.82, 2.24) is 10.6 Å². The van der Waals surface area contributed by atoms with E-state index in [1.54, 1.807) is 74.5 Å². The Hall–Kier alpha value is -3.19. The highest BCUT2D eigenvalue weighted by Crippen LogP contribution is 2.19. The van der Waals surface area contributed by atoms with Crippen LogP contribution in [0.3, 0.4) is 0 Å². The van der Waals surface area contributed by atoms with Crippen molar-refractivity contribution in [3.63, 3.8) is 0 Å². The van der Waals surface area contributed by atoms with E-state index in [-0.39, 0.29) is 5.92 Å². The van der Waals surface area contributed by atoms with Crippen molar-refractivity contribution >= 4 is 17.8 Å². The third-order valence-electron chi connectivity index (χ3n) is 4.30. The fourth-order valence-corrected chi connectivity index (χ4v) is 2.72. The van der Waals surface area contributed by atoms with Gasteiger partial charge in [0.25, 0.3) is 11.8 Å². The van der Waals surface area contributed by atoms with Crippen LogP contribution in [0.15, 0.2) is 60.7 Å². The maximum Gasteiger partial charge on any atom is 0.326 e. The fourth-order valence-electron chi connectivity index (χ4n) is 2.72. The molecule has 7 nitrogen and oxygen atoms in total. The Morgan fingerprint density at radius 1 is 0.857 bits per heavy atom. The van der Waals surface area contributed by atoms with Gasteiger partial charge in [0, 0.05) is 5.56 Å². The summed E-state index contributed by atoms with van der Waals surface area (Å²) in [5.74, 6) is -2.90. The minimum atomic E-state index is -1.67. The van der Waals surface area contributed by atoms with Gasteiger partial charge in [-0.3, -0.25) is 9.59 Å². The third-order valence-corrected chi connectivity index (χ3v) is 4.30. The number of aliphatic hydroxyl groups is 1. The lowest BCUT2D eigenvalue weighted by Crippen LogP contribution is -2.51. The van der Waals surface area contributed by atoms with Crippen LogP contribution in [0.2, 0.25) is 0 Å². The minimum Gasteiger partial charge on any atom is -0.480 e. The molecule has 0 saturated carbocycles. The van der Waals surface area contributed by atoms with Crippen LogP contribution in [0.25, 0.3) is 0 Å². The molecule has 0 unspecified atom stereocenters. The van der Waals surface area contributed by atoms with Gasteiger partial charge in [-0.25, -0.2) is 4.79 Å². The van der Waals surface area contributed by atoms with E-state index in [1.165, 1.54) is 0 Å². The summed E-state index contributed by atoms with van der Waals surface area (Å²) in [5, 5.41) is 24.9. The van der Waals surface area contributed by atoms with Crippen LogP contribution >= 0.6 is 0 Å². The Morgan fingerprint density at radius 3 is 1.89 bits per heavy atom. The number of carboxylic acid groups (broad SMARTS) is 1. The number of benzene rings is 2. The van der Waals surface area contributed by atoms with Gasteiger partial charge in [-0.05, 0) is 23.6 Å². The zero-order valence-electron chi connectivity index (χ0n) is 15.7. The number of amides is 2.